The SMILES string of the molecule is COCCN(CCOC)S(=O)(=O)c1cc(N)cc(F)c1F. The molecule has 6 nitrogen and oxygen atoms in total. The lowest BCUT2D eigenvalue weighted by molar-refractivity contribution is 0.150. The van der Waals surface area contributed by atoms with Crippen molar-refractivity contribution in [1.82, 2.24) is 4.31 Å². The molecule has 120 valence electrons. The first kappa shape index (κ1) is 17.8. The Bertz CT molecular complexity index is 573. The molecule has 0 aliphatic heterocycles. The van der Waals surface area contributed by atoms with Crippen LogP contribution in [0.25, 0.3) is 0 Å². The number of anilines is 1. The molecule has 0 atom stereocenters. The summed E-state index contributed by atoms with van der Waals surface area (Å²) in [5.41, 5.74) is 5.21. The number of methoxy groups -OCH3 is 2. The summed E-state index contributed by atoms with van der Waals surface area (Å²) >= 11 is 0. The Morgan fingerprint density at radius 3 is 2.14 bits per heavy atom. The fraction of sp³-hybridized carbons (Fsp3) is 0.500. The quantitative estimate of drug-likeness (QED) is 0.716. The van der Waals surface area contributed by atoms with Crippen molar-refractivity contribution in [2.24, 2.45) is 0 Å². The largest absolute Gasteiger partial charge is 0.399 e. The summed E-state index contributed by atoms with van der Waals surface area (Å²) in [6.07, 6.45) is 0. The van der Waals surface area contributed by atoms with Crippen molar-refractivity contribution in [3.63, 3.8) is 0 Å². The van der Waals surface area contributed by atoms with E-state index >= 15 is 0 Å². The molecule has 0 spiro atoms. The van der Waals surface area contributed by atoms with Crippen molar-refractivity contribution < 1.29 is 26.7 Å². The van der Waals surface area contributed by atoms with Crippen LogP contribution in [-0.2, 0) is 19.5 Å². The van der Waals surface area contributed by atoms with E-state index in [0.29, 0.717) is 0 Å². The van der Waals surface area contributed by atoms with Gasteiger partial charge in [-0.1, -0.05) is 0 Å². The van der Waals surface area contributed by atoms with Gasteiger partial charge in [0.25, 0.3) is 0 Å². The van der Waals surface area contributed by atoms with Gasteiger partial charge in [-0.05, 0) is 12.1 Å². The molecule has 0 amide bonds. The molecule has 0 bridgehead atoms. The van der Waals surface area contributed by atoms with Gasteiger partial charge in [0.05, 0.1) is 13.2 Å². The van der Waals surface area contributed by atoms with Crippen molar-refractivity contribution in [2.45, 2.75) is 4.90 Å². The Kier molecular flexibility index (Phi) is 6.46. The second-order valence-electron chi connectivity index (χ2n) is 4.20. The molecule has 0 radical (unpaired) electrons. The van der Waals surface area contributed by atoms with E-state index in [9.17, 15) is 17.2 Å². The van der Waals surface area contributed by atoms with Gasteiger partial charge in [-0.3, -0.25) is 0 Å². The predicted octanol–water partition coefficient (Wildman–Crippen LogP) is 0.830. The first-order chi connectivity index (χ1) is 9.84. The summed E-state index contributed by atoms with van der Waals surface area (Å²) in [6, 6.07) is 1.61. The van der Waals surface area contributed by atoms with Crippen LogP contribution in [0.4, 0.5) is 14.5 Å². The summed E-state index contributed by atoms with van der Waals surface area (Å²) in [5, 5.41) is 0. The molecular formula is C12H18F2N2O4S. The highest BCUT2D eigenvalue weighted by molar-refractivity contribution is 7.89. The number of hydrogen-bond donors (Lipinski definition) is 1. The van der Waals surface area contributed by atoms with Gasteiger partial charge < -0.3 is 15.2 Å². The molecule has 1 aromatic rings. The van der Waals surface area contributed by atoms with Crippen LogP contribution in [0, 0.1) is 11.6 Å². The second-order valence-corrected chi connectivity index (χ2v) is 6.11. The van der Waals surface area contributed by atoms with Gasteiger partial charge in [0.15, 0.2) is 11.6 Å². The molecule has 21 heavy (non-hydrogen) atoms. The number of ether oxygens (including phenoxy) is 2. The van der Waals surface area contributed by atoms with E-state index in [0.717, 1.165) is 16.4 Å². The van der Waals surface area contributed by atoms with Crippen LogP contribution in [0.2, 0.25) is 0 Å². The third kappa shape index (κ3) is 4.34. The van der Waals surface area contributed by atoms with Crippen LogP contribution in [0.3, 0.4) is 0 Å². The molecule has 9 heteroatoms. The van der Waals surface area contributed by atoms with Crippen molar-refractivity contribution in [3.05, 3.63) is 23.8 Å². The molecule has 0 unspecified atom stereocenters. The fourth-order valence-corrected chi connectivity index (χ4v) is 3.17. The molecule has 0 aromatic heterocycles. The van der Waals surface area contributed by atoms with E-state index in [1.165, 1.54) is 14.2 Å². The average Bonchev–Trinajstić information content (AvgIpc) is 2.42. The minimum Gasteiger partial charge on any atom is -0.399 e. The normalized spacial score (nSPS) is 12.0. The third-order valence-corrected chi connectivity index (χ3v) is 4.62. The van der Waals surface area contributed by atoms with E-state index in [2.05, 4.69) is 0 Å². The predicted molar refractivity (Wildman–Crippen MR) is 73.3 cm³/mol. The highest BCUT2D eigenvalue weighted by Gasteiger charge is 2.29. The Hall–Kier alpha value is -1.29. The molecule has 1 rings (SSSR count). The number of rotatable bonds is 8. The maximum atomic E-state index is 13.8. The topological polar surface area (TPSA) is 81.9 Å². The minimum atomic E-state index is -4.24. The number of nitrogen functional groups attached to an aromatic ring is 1. The van der Waals surface area contributed by atoms with Gasteiger partial charge >= 0.3 is 0 Å². The van der Waals surface area contributed by atoms with E-state index in [1.807, 2.05) is 0 Å². The van der Waals surface area contributed by atoms with Crippen LogP contribution >= 0.6 is 0 Å². The van der Waals surface area contributed by atoms with Crippen LogP contribution in [-0.4, -0.2) is 53.2 Å². The van der Waals surface area contributed by atoms with Gasteiger partial charge in [0.1, 0.15) is 4.90 Å². The highest BCUT2D eigenvalue weighted by Crippen LogP contribution is 2.24. The van der Waals surface area contributed by atoms with Gasteiger partial charge in [0, 0.05) is 33.0 Å². The lowest BCUT2D eigenvalue weighted by Crippen LogP contribution is -2.37. The minimum absolute atomic E-state index is 0.0158. The summed E-state index contributed by atoms with van der Waals surface area (Å²) in [7, 11) is -1.43. The molecule has 0 heterocycles. The van der Waals surface area contributed by atoms with Crippen molar-refractivity contribution in [3.8, 4) is 0 Å². The van der Waals surface area contributed by atoms with Crippen LogP contribution in [0.15, 0.2) is 17.0 Å². The monoisotopic (exact) mass is 324 g/mol. The molecule has 0 aliphatic carbocycles. The smallest absolute Gasteiger partial charge is 0.246 e. The first-order valence-electron chi connectivity index (χ1n) is 6.07. The lowest BCUT2D eigenvalue weighted by Gasteiger charge is -2.22. The zero-order valence-corrected chi connectivity index (χ0v) is 12.6. The Morgan fingerprint density at radius 2 is 1.67 bits per heavy atom. The number of nitrogens with two attached hydrogens (primary N) is 1. The molecular weight excluding hydrogens is 306 g/mol. The highest BCUT2D eigenvalue weighted by atomic mass is 32.2. The standard InChI is InChI=1S/C12H18F2N2O4S/c1-19-5-3-16(4-6-20-2)21(17,18)11-8-9(15)7-10(13)12(11)14/h7-8H,3-6,15H2,1-2H3. The molecule has 1 aromatic carbocycles. The van der Waals surface area contributed by atoms with E-state index in [4.69, 9.17) is 15.2 Å². The lowest BCUT2D eigenvalue weighted by atomic mass is 10.3. The van der Waals surface area contributed by atoms with Gasteiger partial charge in [-0.25, -0.2) is 17.2 Å². The summed E-state index contributed by atoms with van der Waals surface area (Å²) < 4.78 is 62.6. The summed E-state index contributed by atoms with van der Waals surface area (Å²) in [6.45, 7) is 0.181. The Labute approximate surface area is 122 Å². The van der Waals surface area contributed by atoms with E-state index < -0.39 is 26.6 Å². The zero-order chi connectivity index (χ0) is 16.0. The summed E-state index contributed by atoms with van der Waals surface area (Å²) in [4.78, 5) is -0.799. The molecule has 0 saturated carbocycles. The molecule has 0 fully saturated rings. The number of halogens is 2. The van der Waals surface area contributed by atoms with Gasteiger partial charge in [0.2, 0.25) is 10.0 Å². The van der Waals surface area contributed by atoms with E-state index in [-0.39, 0.29) is 32.0 Å². The third-order valence-electron chi connectivity index (χ3n) is 2.72. The number of sulfonamides is 1. The van der Waals surface area contributed by atoms with Crippen molar-refractivity contribution in [1.29, 1.82) is 0 Å². The van der Waals surface area contributed by atoms with E-state index in [1.54, 1.807) is 0 Å². The number of nitrogens with zero attached hydrogens (tertiary/aromatic N) is 1. The van der Waals surface area contributed by atoms with Gasteiger partial charge in [-0.2, -0.15) is 4.31 Å². The Balaban J connectivity index is 3.21. The van der Waals surface area contributed by atoms with Crippen LogP contribution < -0.4 is 5.73 Å². The average molecular weight is 324 g/mol. The molecule has 0 aliphatic rings. The summed E-state index contributed by atoms with van der Waals surface area (Å²) in [5.74, 6) is -2.77. The van der Waals surface area contributed by atoms with Crippen LogP contribution in [0.1, 0.15) is 0 Å². The molecule has 2 N–H and O–H groups in total. The van der Waals surface area contributed by atoms with Crippen LogP contribution in [0.5, 0.6) is 0 Å². The van der Waals surface area contributed by atoms with Crippen molar-refractivity contribution in [2.75, 3.05) is 46.3 Å². The molecule has 0 saturated heterocycles. The maximum absolute atomic E-state index is 13.8. The van der Waals surface area contributed by atoms with Gasteiger partial charge in [-0.15, -0.1) is 0 Å². The number of hydrogen-bond acceptors (Lipinski definition) is 5. The number of benzene rings is 1. The second kappa shape index (κ2) is 7.64. The van der Waals surface area contributed by atoms with Crippen molar-refractivity contribution >= 4 is 15.7 Å². The zero-order valence-electron chi connectivity index (χ0n) is 11.8. The first-order valence-corrected chi connectivity index (χ1v) is 7.51. The maximum Gasteiger partial charge on any atom is 0.246 e. The fourth-order valence-electron chi connectivity index (χ4n) is 1.65. The Morgan fingerprint density at radius 1 is 1.14 bits per heavy atom.